The number of ether oxygens (including phenoxy) is 1. The molecule has 1 aromatic rings. The molecule has 0 spiro atoms. The summed E-state index contributed by atoms with van der Waals surface area (Å²) in [5.41, 5.74) is 5.42. The minimum absolute atomic E-state index is 0.0355. The van der Waals surface area contributed by atoms with Gasteiger partial charge < -0.3 is 15.4 Å². The van der Waals surface area contributed by atoms with Crippen LogP contribution in [0, 0.1) is 10.1 Å². The van der Waals surface area contributed by atoms with E-state index in [2.05, 4.69) is 0 Å². The Bertz CT molecular complexity index is 495. The summed E-state index contributed by atoms with van der Waals surface area (Å²) in [6.07, 6.45) is 1.93. The molecule has 0 saturated carbocycles. The summed E-state index contributed by atoms with van der Waals surface area (Å²) in [6, 6.07) is 6.05. The van der Waals surface area contributed by atoms with Crippen LogP contribution < -0.4 is 10.5 Å². The van der Waals surface area contributed by atoms with Crippen LogP contribution in [-0.4, -0.2) is 41.5 Å². The number of hydrogen-bond acceptors (Lipinski definition) is 5. The zero-order valence-corrected chi connectivity index (χ0v) is 11.7. The van der Waals surface area contributed by atoms with Gasteiger partial charge in [0.15, 0.2) is 0 Å². The van der Waals surface area contributed by atoms with Crippen molar-refractivity contribution in [3.05, 3.63) is 34.4 Å². The van der Waals surface area contributed by atoms with Gasteiger partial charge in [0.05, 0.1) is 4.92 Å². The molecule has 0 aliphatic carbocycles. The van der Waals surface area contributed by atoms with Crippen LogP contribution in [0.3, 0.4) is 0 Å². The lowest BCUT2D eigenvalue weighted by atomic mass is 10.1. The van der Waals surface area contributed by atoms with Crippen LogP contribution in [0.2, 0.25) is 0 Å². The van der Waals surface area contributed by atoms with E-state index in [0.29, 0.717) is 31.8 Å². The first-order valence-corrected chi connectivity index (χ1v) is 6.99. The van der Waals surface area contributed by atoms with Gasteiger partial charge in [-0.1, -0.05) is 0 Å². The van der Waals surface area contributed by atoms with E-state index >= 15 is 0 Å². The molecule has 7 nitrogen and oxygen atoms in total. The Labute approximate surface area is 122 Å². The maximum absolute atomic E-state index is 11.7. The SMILES string of the molecule is NCCC(=O)N1CCC(Oc2ccc([N+](=O)[O-])cc2)CC1. The van der Waals surface area contributed by atoms with Crippen LogP contribution in [-0.2, 0) is 4.79 Å². The summed E-state index contributed by atoms with van der Waals surface area (Å²) in [5, 5.41) is 10.6. The Hall–Kier alpha value is -2.15. The minimum atomic E-state index is -0.439. The lowest BCUT2D eigenvalue weighted by Gasteiger charge is -2.32. The van der Waals surface area contributed by atoms with Crippen molar-refractivity contribution in [1.29, 1.82) is 0 Å². The monoisotopic (exact) mass is 293 g/mol. The molecule has 21 heavy (non-hydrogen) atoms. The second-order valence-electron chi connectivity index (χ2n) is 4.99. The fraction of sp³-hybridized carbons (Fsp3) is 0.500. The second-order valence-corrected chi connectivity index (χ2v) is 4.99. The fourth-order valence-corrected chi connectivity index (χ4v) is 2.34. The van der Waals surface area contributed by atoms with Gasteiger partial charge in [0.2, 0.25) is 5.91 Å². The van der Waals surface area contributed by atoms with Gasteiger partial charge in [0.25, 0.3) is 5.69 Å². The molecular formula is C14H19N3O4. The number of carbonyl (C=O) groups excluding carboxylic acids is 1. The molecule has 0 bridgehead atoms. The van der Waals surface area contributed by atoms with E-state index in [9.17, 15) is 14.9 Å². The lowest BCUT2D eigenvalue weighted by Crippen LogP contribution is -2.42. The van der Waals surface area contributed by atoms with Gasteiger partial charge in [-0.15, -0.1) is 0 Å². The second kappa shape index (κ2) is 7.03. The number of benzene rings is 1. The van der Waals surface area contributed by atoms with E-state index in [1.54, 1.807) is 12.1 Å². The highest BCUT2D eigenvalue weighted by atomic mass is 16.6. The number of piperidine rings is 1. The summed E-state index contributed by atoms with van der Waals surface area (Å²) >= 11 is 0. The summed E-state index contributed by atoms with van der Waals surface area (Å²) in [6.45, 7) is 1.70. The van der Waals surface area contributed by atoms with Crippen molar-refractivity contribution in [3.63, 3.8) is 0 Å². The van der Waals surface area contributed by atoms with Crippen molar-refractivity contribution in [1.82, 2.24) is 4.90 Å². The molecule has 1 amide bonds. The van der Waals surface area contributed by atoms with Gasteiger partial charge in [0.1, 0.15) is 11.9 Å². The van der Waals surface area contributed by atoms with Gasteiger partial charge in [-0.25, -0.2) is 0 Å². The minimum Gasteiger partial charge on any atom is -0.490 e. The van der Waals surface area contributed by atoms with Crippen molar-refractivity contribution < 1.29 is 14.5 Å². The highest BCUT2D eigenvalue weighted by Gasteiger charge is 2.23. The Morgan fingerprint density at radius 3 is 2.48 bits per heavy atom. The van der Waals surface area contributed by atoms with Gasteiger partial charge in [-0.3, -0.25) is 14.9 Å². The maximum atomic E-state index is 11.7. The van der Waals surface area contributed by atoms with Crippen molar-refractivity contribution in [3.8, 4) is 5.75 Å². The first-order chi connectivity index (χ1) is 10.1. The molecule has 1 fully saturated rings. The normalized spacial score (nSPS) is 15.8. The number of amides is 1. The quantitative estimate of drug-likeness (QED) is 0.652. The number of nitro benzene ring substituents is 1. The first kappa shape index (κ1) is 15.2. The number of nitro groups is 1. The van der Waals surface area contributed by atoms with E-state index in [1.807, 2.05) is 4.90 Å². The van der Waals surface area contributed by atoms with Crippen molar-refractivity contribution in [2.75, 3.05) is 19.6 Å². The van der Waals surface area contributed by atoms with Crippen molar-refractivity contribution in [2.24, 2.45) is 5.73 Å². The third-order valence-electron chi connectivity index (χ3n) is 3.50. The summed E-state index contributed by atoms with van der Waals surface area (Å²) in [5.74, 6) is 0.707. The van der Waals surface area contributed by atoms with Crippen molar-refractivity contribution in [2.45, 2.75) is 25.4 Å². The van der Waals surface area contributed by atoms with Crippen LogP contribution in [0.1, 0.15) is 19.3 Å². The standard InChI is InChI=1S/C14H19N3O4/c15-8-5-14(18)16-9-6-13(7-10-16)21-12-3-1-11(2-4-12)17(19)20/h1-4,13H,5-10,15H2. The Balaban J connectivity index is 1.83. The third kappa shape index (κ3) is 4.16. The predicted molar refractivity (Wildman–Crippen MR) is 77.0 cm³/mol. The smallest absolute Gasteiger partial charge is 0.269 e. The number of non-ortho nitro benzene ring substituents is 1. The van der Waals surface area contributed by atoms with Crippen LogP contribution in [0.15, 0.2) is 24.3 Å². The third-order valence-corrected chi connectivity index (χ3v) is 3.50. The fourth-order valence-electron chi connectivity index (χ4n) is 2.34. The lowest BCUT2D eigenvalue weighted by molar-refractivity contribution is -0.384. The topological polar surface area (TPSA) is 98.7 Å². The van der Waals surface area contributed by atoms with Gasteiger partial charge in [0, 0.05) is 51.0 Å². The molecular weight excluding hydrogens is 274 g/mol. The van der Waals surface area contributed by atoms with E-state index in [-0.39, 0.29) is 17.7 Å². The Morgan fingerprint density at radius 2 is 1.95 bits per heavy atom. The molecule has 2 rings (SSSR count). The predicted octanol–water partition coefficient (Wildman–Crippen LogP) is 1.31. The highest BCUT2D eigenvalue weighted by Crippen LogP contribution is 2.22. The molecule has 7 heteroatoms. The largest absolute Gasteiger partial charge is 0.490 e. The molecule has 1 saturated heterocycles. The van der Waals surface area contributed by atoms with Gasteiger partial charge in [-0.2, -0.15) is 0 Å². The molecule has 0 unspecified atom stereocenters. The highest BCUT2D eigenvalue weighted by molar-refractivity contribution is 5.76. The molecule has 1 aliphatic heterocycles. The van der Waals surface area contributed by atoms with Gasteiger partial charge >= 0.3 is 0 Å². The summed E-state index contributed by atoms with van der Waals surface area (Å²) < 4.78 is 5.79. The Kier molecular flexibility index (Phi) is 5.10. The molecule has 1 heterocycles. The Morgan fingerprint density at radius 1 is 1.33 bits per heavy atom. The summed E-state index contributed by atoms with van der Waals surface area (Å²) in [7, 11) is 0. The average molecular weight is 293 g/mol. The molecule has 0 radical (unpaired) electrons. The maximum Gasteiger partial charge on any atom is 0.269 e. The molecule has 2 N–H and O–H groups in total. The van der Waals surface area contributed by atoms with Crippen molar-refractivity contribution >= 4 is 11.6 Å². The van der Waals surface area contributed by atoms with Crippen LogP contribution in [0.25, 0.3) is 0 Å². The van der Waals surface area contributed by atoms with E-state index < -0.39 is 4.92 Å². The number of carbonyl (C=O) groups is 1. The zero-order chi connectivity index (χ0) is 15.2. The molecule has 0 atom stereocenters. The summed E-state index contributed by atoms with van der Waals surface area (Å²) in [4.78, 5) is 23.6. The molecule has 1 aromatic carbocycles. The zero-order valence-electron chi connectivity index (χ0n) is 11.7. The number of likely N-dealkylation sites (tertiary alicyclic amines) is 1. The number of nitrogens with zero attached hydrogens (tertiary/aromatic N) is 2. The number of rotatable bonds is 5. The van der Waals surface area contributed by atoms with Crippen LogP contribution >= 0.6 is 0 Å². The van der Waals surface area contributed by atoms with E-state index in [4.69, 9.17) is 10.5 Å². The van der Waals surface area contributed by atoms with E-state index in [0.717, 1.165) is 12.8 Å². The van der Waals surface area contributed by atoms with E-state index in [1.165, 1.54) is 12.1 Å². The molecule has 1 aliphatic rings. The number of nitrogens with two attached hydrogens (primary N) is 1. The average Bonchev–Trinajstić information content (AvgIpc) is 2.49. The molecule has 114 valence electrons. The molecule has 0 aromatic heterocycles. The van der Waals surface area contributed by atoms with Crippen LogP contribution in [0.5, 0.6) is 5.75 Å². The van der Waals surface area contributed by atoms with Crippen LogP contribution in [0.4, 0.5) is 5.69 Å². The number of hydrogen-bond donors (Lipinski definition) is 1. The first-order valence-electron chi connectivity index (χ1n) is 6.99. The van der Waals surface area contributed by atoms with Gasteiger partial charge in [-0.05, 0) is 12.1 Å².